The molecule has 2 N–H and O–H groups in total. The summed E-state index contributed by atoms with van der Waals surface area (Å²) in [7, 11) is 0. The van der Waals surface area contributed by atoms with Crippen molar-refractivity contribution in [2.24, 2.45) is 5.73 Å². The van der Waals surface area contributed by atoms with Gasteiger partial charge in [0.2, 0.25) is 0 Å². The summed E-state index contributed by atoms with van der Waals surface area (Å²) in [4.78, 5) is 14.1. The van der Waals surface area contributed by atoms with E-state index in [9.17, 15) is 4.79 Å². The van der Waals surface area contributed by atoms with Crippen LogP contribution in [0.5, 0.6) is 5.75 Å². The minimum Gasteiger partial charge on any atom is -0.480 e. The van der Waals surface area contributed by atoms with Crippen LogP contribution in [0.25, 0.3) is 0 Å². The third-order valence-corrected chi connectivity index (χ3v) is 3.55. The number of carbonyl (C=O) groups excluding carboxylic acids is 1. The van der Waals surface area contributed by atoms with Gasteiger partial charge >= 0.3 is 0 Å². The molecule has 0 bridgehead atoms. The fourth-order valence-corrected chi connectivity index (χ4v) is 2.41. The average molecular weight is 292 g/mol. The van der Waals surface area contributed by atoms with E-state index in [0.717, 1.165) is 23.3 Å². The van der Waals surface area contributed by atoms with Crippen LogP contribution in [0.4, 0.5) is 0 Å². The number of para-hydroxylation sites is 1. The fourth-order valence-electron chi connectivity index (χ4n) is 2.41. The lowest BCUT2D eigenvalue weighted by Crippen LogP contribution is -2.40. The number of likely N-dealkylation sites (N-methyl/N-ethyl adjacent to an activating group) is 1. The number of aryl methyl sites for hydroxylation is 1. The van der Waals surface area contributed by atoms with Crippen molar-refractivity contribution in [2.45, 2.75) is 53.2 Å². The van der Waals surface area contributed by atoms with Crippen LogP contribution in [0.2, 0.25) is 0 Å². The lowest BCUT2D eigenvalue weighted by molar-refractivity contribution is -0.137. The maximum atomic E-state index is 12.3. The number of hydrogen-bond acceptors (Lipinski definition) is 3. The molecular weight excluding hydrogens is 264 g/mol. The van der Waals surface area contributed by atoms with Crippen LogP contribution in [-0.2, 0) is 11.2 Å². The van der Waals surface area contributed by atoms with Gasteiger partial charge in [0.05, 0.1) is 0 Å². The topological polar surface area (TPSA) is 55.6 Å². The largest absolute Gasteiger partial charge is 0.480 e. The summed E-state index contributed by atoms with van der Waals surface area (Å²) in [5.41, 5.74) is 7.99. The molecule has 1 aromatic rings. The Hall–Kier alpha value is -1.55. The van der Waals surface area contributed by atoms with Gasteiger partial charge in [-0.1, -0.05) is 18.2 Å². The molecule has 0 saturated carbocycles. The molecule has 4 nitrogen and oxygen atoms in total. The second-order valence-electron chi connectivity index (χ2n) is 5.52. The SMILES string of the molecule is CCN(CC)C(=O)C(C)Oc1c(C)cccc1CC(C)N. The number of hydrogen-bond donors (Lipinski definition) is 1. The molecular formula is C17H28N2O2. The van der Waals surface area contributed by atoms with Crippen LogP contribution in [-0.4, -0.2) is 36.0 Å². The number of carbonyl (C=O) groups is 1. The van der Waals surface area contributed by atoms with Crippen molar-refractivity contribution in [1.29, 1.82) is 0 Å². The van der Waals surface area contributed by atoms with Crippen LogP contribution in [0, 0.1) is 6.92 Å². The third kappa shape index (κ3) is 4.74. The fraction of sp³-hybridized carbons (Fsp3) is 0.588. The Balaban J connectivity index is 2.93. The van der Waals surface area contributed by atoms with E-state index in [2.05, 4.69) is 0 Å². The van der Waals surface area contributed by atoms with Crippen molar-refractivity contribution in [2.75, 3.05) is 13.1 Å². The Kier molecular flexibility index (Phi) is 6.69. The first-order valence-corrected chi connectivity index (χ1v) is 7.70. The molecule has 4 heteroatoms. The smallest absolute Gasteiger partial charge is 0.263 e. The lowest BCUT2D eigenvalue weighted by atomic mass is 10.0. The number of amides is 1. The Morgan fingerprint density at radius 2 is 1.90 bits per heavy atom. The molecule has 0 aliphatic heterocycles. The van der Waals surface area contributed by atoms with Crippen LogP contribution < -0.4 is 10.5 Å². The zero-order valence-corrected chi connectivity index (χ0v) is 13.8. The Morgan fingerprint density at radius 3 is 2.43 bits per heavy atom. The highest BCUT2D eigenvalue weighted by molar-refractivity contribution is 5.81. The minimum absolute atomic E-state index is 0.0231. The zero-order valence-electron chi connectivity index (χ0n) is 13.8. The molecule has 2 unspecified atom stereocenters. The highest BCUT2D eigenvalue weighted by Gasteiger charge is 2.21. The molecule has 0 fully saturated rings. The van der Waals surface area contributed by atoms with E-state index in [-0.39, 0.29) is 11.9 Å². The van der Waals surface area contributed by atoms with Gasteiger partial charge in [-0.25, -0.2) is 0 Å². The van der Waals surface area contributed by atoms with Gasteiger partial charge in [-0.3, -0.25) is 4.79 Å². The van der Waals surface area contributed by atoms with E-state index in [1.807, 2.05) is 52.8 Å². The molecule has 0 radical (unpaired) electrons. The van der Waals surface area contributed by atoms with E-state index in [4.69, 9.17) is 10.5 Å². The first-order chi connectivity index (χ1) is 9.90. The molecule has 0 spiro atoms. The molecule has 1 rings (SSSR count). The quantitative estimate of drug-likeness (QED) is 0.840. The summed E-state index contributed by atoms with van der Waals surface area (Å²) in [6, 6.07) is 6.06. The van der Waals surface area contributed by atoms with Gasteiger partial charge in [0.1, 0.15) is 5.75 Å². The van der Waals surface area contributed by atoms with E-state index >= 15 is 0 Å². The van der Waals surface area contributed by atoms with Crippen molar-refractivity contribution in [3.63, 3.8) is 0 Å². The van der Waals surface area contributed by atoms with Crippen molar-refractivity contribution >= 4 is 5.91 Å². The molecule has 0 aliphatic carbocycles. The van der Waals surface area contributed by atoms with Crippen LogP contribution >= 0.6 is 0 Å². The molecule has 0 aliphatic rings. The average Bonchev–Trinajstić information content (AvgIpc) is 2.43. The Labute approximate surface area is 128 Å². The molecule has 21 heavy (non-hydrogen) atoms. The highest BCUT2D eigenvalue weighted by Crippen LogP contribution is 2.26. The summed E-state index contributed by atoms with van der Waals surface area (Å²) in [5.74, 6) is 0.817. The van der Waals surface area contributed by atoms with Gasteiger partial charge in [-0.05, 0) is 52.2 Å². The van der Waals surface area contributed by atoms with Gasteiger partial charge in [-0.2, -0.15) is 0 Å². The zero-order chi connectivity index (χ0) is 16.0. The molecule has 2 atom stereocenters. The highest BCUT2D eigenvalue weighted by atomic mass is 16.5. The minimum atomic E-state index is -0.488. The second kappa shape index (κ2) is 8.03. The normalized spacial score (nSPS) is 13.6. The number of rotatable bonds is 7. The Morgan fingerprint density at radius 1 is 1.29 bits per heavy atom. The number of nitrogens with two attached hydrogens (primary N) is 1. The van der Waals surface area contributed by atoms with Crippen LogP contribution in [0.15, 0.2) is 18.2 Å². The molecule has 0 saturated heterocycles. The molecule has 1 aromatic carbocycles. The predicted molar refractivity (Wildman–Crippen MR) is 86.6 cm³/mol. The lowest BCUT2D eigenvalue weighted by Gasteiger charge is -2.25. The predicted octanol–water partition coefficient (Wildman–Crippen LogP) is 2.52. The van der Waals surface area contributed by atoms with Crippen molar-refractivity contribution in [3.05, 3.63) is 29.3 Å². The van der Waals surface area contributed by atoms with E-state index in [1.54, 1.807) is 4.90 Å². The summed E-state index contributed by atoms with van der Waals surface area (Å²) < 4.78 is 5.98. The number of benzene rings is 1. The van der Waals surface area contributed by atoms with Gasteiger partial charge < -0.3 is 15.4 Å². The number of nitrogens with zero attached hydrogens (tertiary/aromatic N) is 1. The van der Waals surface area contributed by atoms with Gasteiger partial charge in [0, 0.05) is 19.1 Å². The Bertz CT molecular complexity index is 468. The van der Waals surface area contributed by atoms with E-state index in [0.29, 0.717) is 13.1 Å². The molecule has 118 valence electrons. The maximum absolute atomic E-state index is 12.3. The van der Waals surface area contributed by atoms with Crippen LogP contribution in [0.1, 0.15) is 38.8 Å². The summed E-state index contributed by atoms with van der Waals surface area (Å²) in [6.07, 6.45) is 0.251. The van der Waals surface area contributed by atoms with E-state index < -0.39 is 6.10 Å². The van der Waals surface area contributed by atoms with Gasteiger partial charge in [0.15, 0.2) is 6.10 Å². The van der Waals surface area contributed by atoms with Crippen molar-refractivity contribution in [3.8, 4) is 5.75 Å². The van der Waals surface area contributed by atoms with Crippen molar-refractivity contribution < 1.29 is 9.53 Å². The summed E-state index contributed by atoms with van der Waals surface area (Å²) >= 11 is 0. The van der Waals surface area contributed by atoms with E-state index in [1.165, 1.54) is 0 Å². The standard InChI is InChI=1S/C17H28N2O2/c1-6-19(7-2)17(20)14(5)21-16-12(3)9-8-10-15(16)11-13(4)18/h8-10,13-14H,6-7,11,18H2,1-5H3. The third-order valence-electron chi connectivity index (χ3n) is 3.55. The van der Waals surface area contributed by atoms with Gasteiger partial charge in [-0.15, -0.1) is 0 Å². The molecule has 1 amide bonds. The van der Waals surface area contributed by atoms with Gasteiger partial charge in [0.25, 0.3) is 5.91 Å². The first kappa shape index (κ1) is 17.5. The molecule has 0 aromatic heterocycles. The molecule has 0 heterocycles. The second-order valence-corrected chi connectivity index (χ2v) is 5.52. The number of ether oxygens (including phenoxy) is 1. The van der Waals surface area contributed by atoms with Crippen molar-refractivity contribution in [1.82, 2.24) is 4.90 Å². The van der Waals surface area contributed by atoms with Crippen LogP contribution in [0.3, 0.4) is 0 Å². The summed E-state index contributed by atoms with van der Waals surface area (Å²) in [6.45, 7) is 11.1. The first-order valence-electron chi connectivity index (χ1n) is 7.70. The monoisotopic (exact) mass is 292 g/mol. The summed E-state index contributed by atoms with van der Waals surface area (Å²) in [5, 5.41) is 0. The maximum Gasteiger partial charge on any atom is 0.263 e.